The average Bonchev–Trinajstić information content (AvgIpc) is 2.85. The van der Waals surface area contributed by atoms with Gasteiger partial charge in [0.25, 0.3) is 5.91 Å². The Balaban J connectivity index is 2.45. The maximum absolute atomic E-state index is 11.6. The highest BCUT2D eigenvalue weighted by Crippen LogP contribution is 2.26. The molecule has 2 rings (SSSR count). The second-order valence-electron chi connectivity index (χ2n) is 5.08. The molecule has 5 heteroatoms. The van der Waals surface area contributed by atoms with Crippen molar-refractivity contribution in [2.24, 2.45) is 5.73 Å². The molecule has 0 atom stereocenters. The smallest absolute Gasteiger partial charge is 0.250 e. The minimum atomic E-state index is -0.433. The van der Waals surface area contributed by atoms with E-state index in [9.17, 15) is 4.79 Å². The van der Waals surface area contributed by atoms with Crippen LogP contribution in [0.3, 0.4) is 0 Å². The van der Waals surface area contributed by atoms with Crippen molar-refractivity contribution in [2.75, 3.05) is 13.7 Å². The molecule has 22 heavy (non-hydrogen) atoms. The van der Waals surface area contributed by atoms with Crippen LogP contribution in [0.4, 0.5) is 0 Å². The summed E-state index contributed by atoms with van der Waals surface area (Å²) in [5.41, 5.74) is 9.31. The first kappa shape index (κ1) is 15.8. The molecule has 0 spiro atoms. The molecule has 0 saturated carbocycles. The maximum Gasteiger partial charge on any atom is 0.250 e. The number of methoxy groups -OCH3 is 1. The number of benzene rings is 1. The summed E-state index contributed by atoms with van der Waals surface area (Å²) >= 11 is 0. The highest BCUT2D eigenvalue weighted by Gasteiger charge is 2.16. The molecule has 2 N–H and O–H groups in total. The number of hydrogen-bond donors (Lipinski definition) is 1. The minimum absolute atomic E-state index is 0.433. The topological polar surface area (TPSA) is 81.0 Å². The number of carbonyl (C=O) groups excluding carboxylic acids is 1. The summed E-state index contributed by atoms with van der Waals surface area (Å²) in [6.07, 6.45) is 0.841. The Bertz CT molecular complexity index is 709. The van der Waals surface area contributed by atoms with Crippen molar-refractivity contribution >= 4 is 5.91 Å². The van der Waals surface area contributed by atoms with Crippen molar-refractivity contribution in [3.63, 3.8) is 0 Å². The molecule has 0 aliphatic carbocycles. The predicted molar refractivity (Wildman–Crippen MR) is 84.3 cm³/mol. The molecular weight excluding hydrogens is 278 g/mol. The maximum atomic E-state index is 11.6. The Hall–Kier alpha value is -2.58. The number of carbonyl (C=O) groups is 1. The molecule has 0 radical (unpaired) electrons. The highest BCUT2D eigenvalue weighted by molar-refractivity contribution is 5.95. The van der Waals surface area contributed by atoms with Crippen molar-refractivity contribution in [3.05, 3.63) is 47.2 Å². The molecule has 0 fully saturated rings. The number of hydrogen-bond acceptors (Lipinski definition) is 3. The lowest BCUT2D eigenvalue weighted by Gasteiger charge is -2.12. The lowest BCUT2D eigenvalue weighted by atomic mass is 10.1. The quantitative estimate of drug-likeness (QED) is 0.832. The number of rotatable bonds is 6. The van der Waals surface area contributed by atoms with Crippen LogP contribution in [0, 0.1) is 18.3 Å². The molecule has 0 aliphatic rings. The van der Waals surface area contributed by atoms with Gasteiger partial charge in [0.15, 0.2) is 0 Å². The Morgan fingerprint density at radius 3 is 2.59 bits per heavy atom. The van der Waals surface area contributed by atoms with Crippen LogP contribution in [-0.4, -0.2) is 24.2 Å². The van der Waals surface area contributed by atoms with Crippen LogP contribution in [-0.2, 0) is 11.3 Å². The third-order valence-corrected chi connectivity index (χ3v) is 3.67. The Morgan fingerprint density at radius 2 is 2.05 bits per heavy atom. The van der Waals surface area contributed by atoms with Gasteiger partial charge in [-0.1, -0.05) is 12.1 Å². The molecule has 0 unspecified atom stereocenters. The fourth-order valence-electron chi connectivity index (χ4n) is 2.50. The van der Waals surface area contributed by atoms with E-state index >= 15 is 0 Å². The minimum Gasteiger partial charge on any atom is -0.385 e. The summed E-state index contributed by atoms with van der Waals surface area (Å²) in [6.45, 7) is 3.28. The first-order valence-electron chi connectivity index (χ1n) is 7.08. The normalized spacial score (nSPS) is 10.4. The number of nitrogens with zero attached hydrogens (tertiary/aromatic N) is 2. The van der Waals surface area contributed by atoms with Crippen molar-refractivity contribution in [1.29, 1.82) is 5.26 Å². The first-order valence-corrected chi connectivity index (χ1v) is 7.08. The van der Waals surface area contributed by atoms with E-state index in [1.54, 1.807) is 19.2 Å². The zero-order chi connectivity index (χ0) is 16.1. The second kappa shape index (κ2) is 6.92. The summed E-state index contributed by atoms with van der Waals surface area (Å²) in [5, 5.41) is 8.89. The SMILES string of the molecule is COCCCn1c(-c2ccc(C#N)cc2)cc(C(N)=O)c1C. The second-order valence-corrected chi connectivity index (χ2v) is 5.08. The van der Waals surface area contributed by atoms with Crippen LogP contribution < -0.4 is 5.73 Å². The first-order chi connectivity index (χ1) is 10.6. The van der Waals surface area contributed by atoms with Crippen LogP contribution >= 0.6 is 0 Å². The fraction of sp³-hybridized carbons (Fsp3) is 0.294. The van der Waals surface area contributed by atoms with E-state index in [1.807, 2.05) is 25.1 Å². The van der Waals surface area contributed by atoms with Gasteiger partial charge in [-0.3, -0.25) is 4.79 Å². The fourth-order valence-corrected chi connectivity index (χ4v) is 2.50. The van der Waals surface area contributed by atoms with Crippen molar-refractivity contribution in [3.8, 4) is 17.3 Å². The molecule has 1 amide bonds. The summed E-state index contributed by atoms with van der Waals surface area (Å²) < 4.78 is 7.16. The zero-order valence-corrected chi connectivity index (χ0v) is 12.8. The van der Waals surface area contributed by atoms with E-state index in [0.717, 1.165) is 29.9 Å². The molecular formula is C17H19N3O2. The molecule has 114 valence electrons. The highest BCUT2D eigenvalue weighted by atomic mass is 16.5. The lowest BCUT2D eigenvalue weighted by molar-refractivity contribution is 0.0999. The number of nitriles is 1. The zero-order valence-electron chi connectivity index (χ0n) is 12.8. The average molecular weight is 297 g/mol. The number of primary amides is 1. The summed E-state index contributed by atoms with van der Waals surface area (Å²) in [4.78, 5) is 11.6. The van der Waals surface area contributed by atoms with Gasteiger partial charge in [-0.15, -0.1) is 0 Å². The molecule has 1 aromatic heterocycles. The van der Waals surface area contributed by atoms with Gasteiger partial charge in [0.05, 0.1) is 17.2 Å². The largest absolute Gasteiger partial charge is 0.385 e. The van der Waals surface area contributed by atoms with E-state index in [0.29, 0.717) is 17.7 Å². The third-order valence-electron chi connectivity index (χ3n) is 3.67. The molecule has 5 nitrogen and oxygen atoms in total. The Kier molecular flexibility index (Phi) is 4.97. The lowest BCUT2D eigenvalue weighted by Crippen LogP contribution is -2.13. The monoisotopic (exact) mass is 297 g/mol. The third kappa shape index (κ3) is 3.18. The molecule has 0 aliphatic heterocycles. The van der Waals surface area contributed by atoms with Crippen LogP contribution in [0.25, 0.3) is 11.3 Å². The van der Waals surface area contributed by atoms with Gasteiger partial charge in [0.1, 0.15) is 0 Å². The van der Waals surface area contributed by atoms with E-state index in [2.05, 4.69) is 10.6 Å². The molecule has 0 bridgehead atoms. The molecule has 2 aromatic rings. The molecule has 0 saturated heterocycles. The van der Waals surface area contributed by atoms with Gasteiger partial charge in [-0.2, -0.15) is 5.26 Å². The van der Waals surface area contributed by atoms with Crippen molar-refractivity contribution < 1.29 is 9.53 Å². The molecule has 1 aromatic carbocycles. The van der Waals surface area contributed by atoms with Gasteiger partial charge in [0.2, 0.25) is 0 Å². The number of aromatic nitrogens is 1. The van der Waals surface area contributed by atoms with Gasteiger partial charge in [-0.05, 0) is 37.1 Å². The molecule has 1 heterocycles. The van der Waals surface area contributed by atoms with Gasteiger partial charge in [0, 0.05) is 31.6 Å². The van der Waals surface area contributed by atoms with Crippen molar-refractivity contribution in [2.45, 2.75) is 19.9 Å². The van der Waals surface area contributed by atoms with E-state index in [-0.39, 0.29) is 0 Å². The van der Waals surface area contributed by atoms with Gasteiger partial charge < -0.3 is 15.0 Å². The predicted octanol–water partition coefficient (Wildman–Crippen LogP) is 2.47. The van der Waals surface area contributed by atoms with Crippen LogP contribution in [0.5, 0.6) is 0 Å². The van der Waals surface area contributed by atoms with Gasteiger partial charge >= 0.3 is 0 Å². The summed E-state index contributed by atoms with van der Waals surface area (Å²) in [7, 11) is 1.67. The number of nitrogens with two attached hydrogens (primary N) is 1. The number of ether oxygens (including phenoxy) is 1. The standard InChI is InChI=1S/C17H19N3O2/c1-12-15(17(19)21)10-16(20(12)8-3-9-22-2)14-6-4-13(11-18)5-7-14/h4-7,10H,3,8-9H2,1-2H3,(H2,19,21). The Labute approximate surface area is 129 Å². The Morgan fingerprint density at radius 1 is 1.36 bits per heavy atom. The van der Waals surface area contributed by atoms with E-state index in [4.69, 9.17) is 15.7 Å². The van der Waals surface area contributed by atoms with Crippen molar-refractivity contribution in [1.82, 2.24) is 4.57 Å². The van der Waals surface area contributed by atoms with Crippen LogP contribution in [0.15, 0.2) is 30.3 Å². The van der Waals surface area contributed by atoms with Crippen LogP contribution in [0.1, 0.15) is 28.0 Å². The van der Waals surface area contributed by atoms with E-state index in [1.165, 1.54) is 0 Å². The van der Waals surface area contributed by atoms with E-state index < -0.39 is 5.91 Å². The van der Waals surface area contributed by atoms with Gasteiger partial charge in [-0.25, -0.2) is 0 Å². The van der Waals surface area contributed by atoms with Crippen LogP contribution in [0.2, 0.25) is 0 Å². The number of amides is 1. The summed E-state index contributed by atoms with van der Waals surface area (Å²) in [5.74, 6) is -0.433. The summed E-state index contributed by atoms with van der Waals surface area (Å²) in [6, 6.07) is 11.2.